The van der Waals surface area contributed by atoms with Crippen LogP contribution in [0.2, 0.25) is 0 Å². The van der Waals surface area contributed by atoms with Gasteiger partial charge in [0, 0.05) is 18.8 Å². The lowest BCUT2D eigenvalue weighted by atomic mass is 10.1. The van der Waals surface area contributed by atoms with Gasteiger partial charge in [0.25, 0.3) is 0 Å². The molecule has 0 bridgehead atoms. The van der Waals surface area contributed by atoms with E-state index in [2.05, 4.69) is 0 Å². The van der Waals surface area contributed by atoms with Gasteiger partial charge in [-0.05, 0) is 37.5 Å². The van der Waals surface area contributed by atoms with Gasteiger partial charge in [-0.1, -0.05) is 0 Å². The van der Waals surface area contributed by atoms with Crippen molar-refractivity contribution < 1.29 is 17.9 Å². The van der Waals surface area contributed by atoms with E-state index in [-0.39, 0.29) is 5.75 Å². The maximum absolute atomic E-state index is 13.0. The number of aryl methyl sites for hydroxylation is 1. The van der Waals surface area contributed by atoms with E-state index >= 15 is 0 Å². The van der Waals surface area contributed by atoms with E-state index in [1.54, 1.807) is 13.0 Å². The van der Waals surface area contributed by atoms with Gasteiger partial charge in [0.1, 0.15) is 5.75 Å². The van der Waals surface area contributed by atoms with Crippen LogP contribution >= 0.6 is 0 Å². The van der Waals surface area contributed by atoms with E-state index in [0.29, 0.717) is 11.3 Å². The molecule has 1 aromatic carbocycles. The zero-order chi connectivity index (χ0) is 13.3. The molecule has 100 valence electrons. The van der Waals surface area contributed by atoms with E-state index < -0.39 is 11.7 Å². The molecule has 2 nitrogen and oxygen atoms in total. The Morgan fingerprint density at radius 2 is 1.78 bits per heavy atom. The second-order valence-corrected chi connectivity index (χ2v) is 4.54. The van der Waals surface area contributed by atoms with Crippen LogP contribution in [0.15, 0.2) is 12.1 Å². The number of alkyl halides is 3. The largest absolute Gasteiger partial charge is 0.496 e. The summed E-state index contributed by atoms with van der Waals surface area (Å²) in [5.41, 5.74) is 0.472. The first-order valence-electron chi connectivity index (χ1n) is 5.94. The molecule has 18 heavy (non-hydrogen) atoms. The van der Waals surface area contributed by atoms with Crippen LogP contribution in [0.25, 0.3) is 0 Å². The van der Waals surface area contributed by atoms with Gasteiger partial charge in [-0.2, -0.15) is 13.2 Å². The quantitative estimate of drug-likeness (QED) is 0.804. The minimum atomic E-state index is -4.38. The van der Waals surface area contributed by atoms with Gasteiger partial charge in [0.2, 0.25) is 0 Å². The third-order valence-electron chi connectivity index (χ3n) is 3.24. The van der Waals surface area contributed by atoms with Crippen LogP contribution in [0.3, 0.4) is 0 Å². The molecule has 1 aliphatic rings. The average Bonchev–Trinajstić information content (AvgIpc) is 2.80. The molecule has 1 fully saturated rings. The van der Waals surface area contributed by atoms with Gasteiger partial charge < -0.3 is 9.64 Å². The van der Waals surface area contributed by atoms with Crippen molar-refractivity contribution in [3.8, 4) is 5.75 Å². The third-order valence-corrected chi connectivity index (χ3v) is 3.24. The summed E-state index contributed by atoms with van der Waals surface area (Å²) in [7, 11) is 1.27. The summed E-state index contributed by atoms with van der Waals surface area (Å²) in [5, 5.41) is 0. The summed E-state index contributed by atoms with van der Waals surface area (Å²) in [4.78, 5) is 1.99. The lowest BCUT2D eigenvalue weighted by molar-refractivity contribution is -0.138. The first-order valence-corrected chi connectivity index (χ1v) is 5.94. The zero-order valence-electron chi connectivity index (χ0n) is 10.5. The average molecular weight is 259 g/mol. The van der Waals surface area contributed by atoms with Crippen molar-refractivity contribution in [2.45, 2.75) is 25.9 Å². The second kappa shape index (κ2) is 4.71. The Bertz CT molecular complexity index is 437. The van der Waals surface area contributed by atoms with Crippen LogP contribution in [-0.2, 0) is 6.18 Å². The van der Waals surface area contributed by atoms with Crippen molar-refractivity contribution in [1.29, 1.82) is 0 Å². The number of hydrogen-bond acceptors (Lipinski definition) is 2. The fourth-order valence-corrected chi connectivity index (χ4v) is 2.39. The summed E-state index contributed by atoms with van der Waals surface area (Å²) < 4.78 is 43.8. The molecule has 0 saturated carbocycles. The molecule has 0 aliphatic carbocycles. The molecule has 0 N–H and O–H groups in total. The predicted molar refractivity (Wildman–Crippen MR) is 64.2 cm³/mol. The number of methoxy groups -OCH3 is 1. The Balaban J connectivity index is 2.48. The Hall–Kier alpha value is -1.39. The molecule has 5 heteroatoms. The van der Waals surface area contributed by atoms with Crippen LogP contribution in [0, 0.1) is 6.92 Å². The molecular weight excluding hydrogens is 243 g/mol. The minimum Gasteiger partial charge on any atom is -0.496 e. The van der Waals surface area contributed by atoms with Crippen molar-refractivity contribution in [2.75, 3.05) is 25.1 Å². The summed E-state index contributed by atoms with van der Waals surface area (Å²) in [5.74, 6) is -0.0783. The van der Waals surface area contributed by atoms with Gasteiger partial charge >= 0.3 is 6.18 Å². The fourth-order valence-electron chi connectivity index (χ4n) is 2.39. The van der Waals surface area contributed by atoms with Gasteiger partial charge in [-0.15, -0.1) is 0 Å². The van der Waals surface area contributed by atoms with Crippen LogP contribution in [0.4, 0.5) is 18.9 Å². The molecule has 1 aliphatic heterocycles. The fraction of sp³-hybridized carbons (Fsp3) is 0.538. The van der Waals surface area contributed by atoms with Crippen molar-refractivity contribution >= 4 is 5.69 Å². The molecule has 2 rings (SSSR count). The molecule has 1 aromatic rings. The Kier molecular flexibility index (Phi) is 3.41. The SMILES string of the molecule is COc1c(C)cc(N2CCCC2)cc1C(F)(F)F. The standard InChI is InChI=1S/C13H16F3NO/c1-9-7-10(17-5-3-4-6-17)8-11(12(9)18-2)13(14,15)16/h7-8H,3-6H2,1-2H3. The van der Waals surface area contributed by atoms with E-state index in [1.165, 1.54) is 13.2 Å². The van der Waals surface area contributed by atoms with Crippen molar-refractivity contribution in [3.05, 3.63) is 23.3 Å². The van der Waals surface area contributed by atoms with Crippen molar-refractivity contribution in [2.24, 2.45) is 0 Å². The summed E-state index contributed by atoms with van der Waals surface area (Å²) in [6.45, 7) is 3.29. The second-order valence-electron chi connectivity index (χ2n) is 4.54. The summed E-state index contributed by atoms with van der Waals surface area (Å²) >= 11 is 0. The minimum absolute atomic E-state index is 0.0783. The lowest BCUT2D eigenvalue weighted by Crippen LogP contribution is -2.19. The molecule has 0 aromatic heterocycles. The predicted octanol–water partition coefficient (Wildman–Crippen LogP) is 3.62. The maximum Gasteiger partial charge on any atom is 0.420 e. The monoisotopic (exact) mass is 259 g/mol. The first-order chi connectivity index (χ1) is 8.43. The molecule has 0 unspecified atom stereocenters. The van der Waals surface area contributed by atoms with Crippen molar-refractivity contribution in [1.82, 2.24) is 0 Å². The molecule has 0 amide bonds. The number of anilines is 1. The normalized spacial score (nSPS) is 16.2. The number of rotatable bonds is 2. The van der Waals surface area contributed by atoms with E-state index in [0.717, 1.165) is 25.9 Å². The van der Waals surface area contributed by atoms with E-state index in [9.17, 15) is 13.2 Å². The van der Waals surface area contributed by atoms with Gasteiger partial charge in [-0.25, -0.2) is 0 Å². The molecule has 0 atom stereocenters. The van der Waals surface area contributed by atoms with Crippen LogP contribution < -0.4 is 9.64 Å². The molecule has 0 spiro atoms. The Labute approximate surface area is 104 Å². The van der Waals surface area contributed by atoms with E-state index in [4.69, 9.17) is 4.74 Å². The van der Waals surface area contributed by atoms with Gasteiger partial charge in [-0.3, -0.25) is 0 Å². The summed E-state index contributed by atoms with van der Waals surface area (Å²) in [6.07, 6.45) is -2.31. The molecular formula is C13H16F3NO. The highest BCUT2D eigenvalue weighted by Crippen LogP contribution is 2.41. The van der Waals surface area contributed by atoms with Crippen LogP contribution in [-0.4, -0.2) is 20.2 Å². The zero-order valence-corrected chi connectivity index (χ0v) is 10.5. The number of nitrogens with zero attached hydrogens (tertiary/aromatic N) is 1. The smallest absolute Gasteiger partial charge is 0.420 e. The van der Waals surface area contributed by atoms with E-state index in [1.807, 2.05) is 4.90 Å². The molecule has 1 saturated heterocycles. The van der Waals surface area contributed by atoms with Gasteiger partial charge in [0.05, 0.1) is 12.7 Å². The first kappa shape index (κ1) is 13.1. The number of hydrogen-bond donors (Lipinski definition) is 0. The highest BCUT2D eigenvalue weighted by atomic mass is 19.4. The molecule has 0 radical (unpaired) electrons. The Morgan fingerprint density at radius 3 is 2.28 bits per heavy atom. The van der Waals surface area contributed by atoms with Crippen molar-refractivity contribution in [3.63, 3.8) is 0 Å². The number of benzene rings is 1. The van der Waals surface area contributed by atoms with Crippen LogP contribution in [0.1, 0.15) is 24.0 Å². The Morgan fingerprint density at radius 1 is 1.17 bits per heavy atom. The maximum atomic E-state index is 13.0. The summed E-state index contributed by atoms with van der Waals surface area (Å²) in [6, 6.07) is 2.95. The highest BCUT2D eigenvalue weighted by Gasteiger charge is 2.36. The topological polar surface area (TPSA) is 12.5 Å². The number of halogens is 3. The van der Waals surface area contributed by atoms with Gasteiger partial charge in [0.15, 0.2) is 0 Å². The highest BCUT2D eigenvalue weighted by molar-refractivity contribution is 5.58. The third kappa shape index (κ3) is 2.40. The molecule has 1 heterocycles. The lowest BCUT2D eigenvalue weighted by Gasteiger charge is -2.22. The van der Waals surface area contributed by atoms with Crippen LogP contribution in [0.5, 0.6) is 5.75 Å². The number of ether oxygens (including phenoxy) is 1.